The fourth-order valence-electron chi connectivity index (χ4n) is 2.70. The van der Waals surface area contributed by atoms with Gasteiger partial charge in [0.1, 0.15) is 5.75 Å². The Morgan fingerprint density at radius 1 is 1.10 bits per heavy atom. The summed E-state index contributed by atoms with van der Waals surface area (Å²) in [6.45, 7) is 1.77. The van der Waals surface area contributed by atoms with Crippen molar-refractivity contribution in [3.8, 4) is 22.9 Å². The van der Waals surface area contributed by atoms with Gasteiger partial charge >= 0.3 is 0 Å². The Morgan fingerprint density at radius 2 is 1.83 bits per heavy atom. The highest BCUT2D eigenvalue weighted by Crippen LogP contribution is 2.23. The third kappa shape index (κ3) is 3.78. The summed E-state index contributed by atoms with van der Waals surface area (Å²) in [5.41, 5.74) is 2.56. The molecule has 2 aromatic heterocycles. The molecule has 0 fully saturated rings. The molecule has 0 spiro atoms. The SMILES string of the molecule is COc1ccc(-n2[nH]c(C)c(N=Nc3ccc(-c4n[nH]c(=S)o4)cc3)c2=O)cc1. The van der Waals surface area contributed by atoms with Crippen molar-refractivity contribution in [2.24, 2.45) is 10.2 Å². The first kappa shape index (κ1) is 18.6. The number of azo groups is 1. The summed E-state index contributed by atoms with van der Waals surface area (Å²) >= 11 is 4.87. The summed E-state index contributed by atoms with van der Waals surface area (Å²) in [5, 5.41) is 17.9. The first-order valence-electron chi connectivity index (χ1n) is 8.59. The molecule has 10 heteroatoms. The summed E-state index contributed by atoms with van der Waals surface area (Å²) in [5.74, 6) is 1.10. The lowest BCUT2D eigenvalue weighted by molar-refractivity contribution is 0.414. The number of aryl methyl sites for hydroxylation is 1. The Morgan fingerprint density at radius 3 is 2.45 bits per heavy atom. The van der Waals surface area contributed by atoms with Crippen LogP contribution in [0.25, 0.3) is 17.1 Å². The van der Waals surface area contributed by atoms with Gasteiger partial charge in [-0.25, -0.2) is 9.78 Å². The van der Waals surface area contributed by atoms with Crippen LogP contribution >= 0.6 is 12.2 Å². The largest absolute Gasteiger partial charge is 0.497 e. The van der Waals surface area contributed by atoms with Gasteiger partial charge in [0, 0.05) is 5.56 Å². The number of aromatic amines is 2. The van der Waals surface area contributed by atoms with E-state index in [1.54, 1.807) is 62.6 Å². The van der Waals surface area contributed by atoms with Crippen molar-refractivity contribution in [3.05, 3.63) is 69.4 Å². The van der Waals surface area contributed by atoms with E-state index < -0.39 is 0 Å². The van der Waals surface area contributed by atoms with Crippen molar-refractivity contribution in [3.63, 3.8) is 0 Å². The summed E-state index contributed by atoms with van der Waals surface area (Å²) in [7, 11) is 1.59. The Balaban J connectivity index is 1.59. The molecule has 29 heavy (non-hydrogen) atoms. The molecule has 2 N–H and O–H groups in total. The van der Waals surface area contributed by atoms with Gasteiger partial charge in [-0.2, -0.15) is 5.11 Å². The van der Waals surface area contributed by atoms with Gasteiger partial charge in [0.2, 0.25) is 5.89 Å². The zero-order chi connectivity index (χ0) is 20.4. The fourth-order valence-corrected chi connectivity index (χ4v) is 2.82. The molecule has 146 valence electrons. The predicted molar refractivity (Wildman–Crippen MR) is 109 cm³/mol. The van der Waals surface area contributed by atoms with E-state index in [-0.39, 0.29) is 16.1 Å². The van der Waals surface area contributed by atoms with Crippen LogP contribution in [0.3, 0.4) is 0 Å². The lowest BCUT2D eigenvalue weighted by Crippen LogP contribution is -2.13. The molecule has 4 aromatic rings. The predicted octanol–water partition coefficient (Wildman–Crippen LogP) is 4.61. The number of H-pyrrole nitrogens is 2. The van der Waals surface area contributed by atoms with E-state index in [2.05, 4.69) is 25.5 Å². The third-order valence-corrected chi connectivity index (χ3v) is 4.36. The highest BCUT2D eigenvalue weighted by atomic mass is 32.1. The second-order valence-electron chi connectivity index (χ2n) is 6.09. The smallest absolute Gasteiger partial charge is 0.299 e. The number of aromatic nitrogens is 4. The maximum Gasteiger partial charge on any atom is 0.299 e. The van der Waals surface area contributed by atoms with Gasteiger partial charge in [-0.1, -0.05) is 0 Å². The van der Waals surface area contributed by atoms with Crippen LogP contribution < -0.4 is 10.3 Å². The Hall–Kier alpha value is -3.79. The fraction of sp³-hybridized carbons (Fsp3) is 0.105. The number of nitrogens with zero attached hydrogens (tertiary/aromatic N) is 4. The molecule has 0 saturated heterocycles. The average molecular weight is 408 g/mol. The van der Waals surface area contributed by atoms with E-state index in [0.29, 0.717) is 28.7 Å². The average Bonchev–Trinajstić information content (AvgIpc) is 3.30. The lowest BCUT2D eigenvalue weighted by atomic mass is 10.2. The van der Waals surface area contributed by atoms with Crippen LogP contribution in [-0.4, -0.2) is 27.1 Å². The molecule has 0 bridgehead atoms. The van der Waals surface area contributed by atoms with E-state index in [1.165, 1.54) is 4.68 Å². The number of ether oxygens (including phenoxy) is 1. The number of benzene rings is 2. The summed E-state index contributed by atoms with van der Waals surface area (Å²) < 4.78 is 11.8. The molecular formula is C19H16N6O3S. The van der Waals surface area contributed by atoms with E-state index in [4.69, 9.17) is 21.4 Å². The maximum absolute atomic E-state index is 12.7. The van der Waals surface area contributed by atoms with Crippen LogP contribution in [0, 0.1) is 11.8 Å². The second kappa shape index (κ2) is 7.68. The van der Waals surface area contributed by atoms with E-state index >= 15 is 0 Å². The van der Waals surface area contributed by atoms with Gasteiger partial charge in [-0.15, -0.1) is 10.2 Å². The number of methoxy groups -OCH3 is 1. The molecule has 0 atom stereocenters. The van der Waals surface area contributed by atoms with Gasteiger partial charge < -0.3 is 9.15 Å². The highest BCUT2D eigenvalue weighted by molar-refractivity contribution is 7.71. The highest BCUT2D eigenvalue weighted by Gasteiger charge is 2.12. The molecule has 0 amide bonds. The van der Waals surface area contributed by atoms with Gasteiger partial charge in [0.25, 0.3) is 10.4 Å². The van der Waals surface area contributed by atoms with E-state index in [0.717, 1.165) is 5.56 Å². The van der Waals surface area contributed by atoms with Gasteiger partial charge in [-0.05, 0) is 67.7 Å². The normalized spacial score (nSPS) is 11.2. The maximum atomic E-state index is 12.7. The van der Waals surface area contributed by atoms with E-state index in [9.17, 15) is 4.79 Å². The minimum absolute atomic E-state index is 0.208. The summed E-state index contributed by atoms with van der Waals surface area (Å²) in [6.07, 6.45) is 0. The minimum Gasteiger partial charge on any atom is -0.497 e. The molecule has 2 aromatic carbocycles. The van der Waals surface area contributed by atoms with Crippen LogP contribution in [0.2, 0.25) is 0 Å². The van der Waals surface area contributed by atoms with Crippen molar-refractivity contribution < 1.29 is 9.15 Å². The lowest BCUT2D eigenvalue weighted by Gasteiger charge is -2.03. The van der Waals surface area contributed by atoms with Crippen LogP contribution in [0.5, 0.6) is 5.75 Å². The first-order valence-corrected chi connectivity index (χ1v) is 9.00. The second-order valence-corrected chi connectivity index (χ2v) is 6.46. The van der Waals surface area contributed by atoms with Crippen molar-refractivity contribution in [2.45, 2.75) is 6.92 Å². The topological polar surface area (TPSA) is 114 Å². The number of hydrogen-bond donors (Lipinski definition) is 2. The van der Waals surface area contributed by atoms with Gasteiger partial charge in [0.05, 0.1) is 24.2 Å². The molecule has 0 radical (unpaired) electrons. The van der Waals surface area contributed by atoms with Gasteiger partial charge in [-0.3, -0.25) is 9.89 Å². The number of nitrogens with one attached hydrogen (secondary N) is 2. The molecule has 0 aliphatic rings. The van der Waals surface area contributed by atoms with Crippen LogP contribution in [0.1, 0.15) is 5.69 Å². The van der Waals surface area contributed by atoms with Crippen molar-refractivity contribution in [1.29, 1.82) is 0 Å². The molecule has 0 unspecified atom stereocenters. The monoisotopic (exact) mass is 408 g/mol. The Bertz CT molecular complexity index is 1280. The zero-order valence-corrected chi connectivity index (χ0v) is 16.4. The summed E-state index contributed by atoms with van der Waals surface area (Å²) in [4.78, 5) is 12.9. The molecule has 0 aliphatic heterocycles. The minimum atomic E-state index is -0.290. The van der Waals surface area contributed by atoms with Crippen molar-refractivity contribution in [2.75, 3.05) is 7.11 Å². The van der Waals surface area contributed by atoms with Crippen molar-refractivity contribution in [1.82, 2.24) is 20.0 Å². The number of rotatable bonds is 5. The molecular weight excluding hydrogens is 392 g/mol. The molecule has 9 nitrogen and oxygen atoms in total. The molecule has 0 aliphatic carbocycles. The zero-order valence-electron chi connectivity index (χ0n) is 15.5. The Kier molecular flexibility index (Phi) is 4.92. The molecule has 0 saturated carbocycles. The standard InChI is InChI=1S/C19H16N6O3S/c1-11-16(18(26)25(24-11)14-7-9-15(27-2)10-8-14)21-20-13-5-3-12(4-6-13)17-22-23-19(29)28-17/h3-10,24H,1-2H3,(H,23,29). The van der Waals surface area contributed by atoms with Gasteiger partial charge in [0.15, 0.2) is 5.69 Å². The Labute approximate surface area is 169 Å². The molecule has 4 rings (SSSR count). The quantitative estimate of drug-likeness (QED) is 0.370. The van der Waals surface area contributed by atoms with Crippen LogP contribution in [0.15, 0.2) is 68.0 Å². The van der Waals surface area contributed by atoms with E-state index in [1.807, 2.05) is 0 Å². The van der Waals surface area contributed by atoms with Crippen molar-refractivity contribution >= 4 is 23.6 Å². The summed E-state index contributed by atoms with van der Waals surface area (Å²) in [6, 6.07) is 14.2. The first-order chi connectivity index (χ1) is 14.0. The van der Waals surface area contributed by atoms with Crippen LogP contribution in [0.4, 0.5) is 11.4 Å². The molecule has 2 heterocycles. The third-order valence-electron chi connectivity index (χ3n) is 4.19. The number of hydrogen-bond acceptors (Lipinski definition) is 7. The van der Waals surface area contributed by atoms with Crippen LogP contribution in [-0.2, 0) is 0 Å².